The molecule has 3 nitrogen and oxygen atoms in total. The van der Waals surface area contributed by atoms with Gasteiger partial charge in [-0.25, -0.2) is 4.98 Å². The minimum Gasteiger partial charge on any atom is -0.398 e. The van der Waals surface area contributed by atoms with Gasteiger partial charge in [-0.05, 0) is 30.7 Å². The fourth-order valence-corrected chi connectivity index (χ4v) is 2.29. The zero-order chi connectivity index (χ0) is 9.71. The smallest absolute Gasteiger partial charge is 0.130 e. The Labute approximate surface area is 83.9 Å². The largest absolute Gasteiger partial charge is 0.398 e. The fourth-order valence-electron chi connectivity index (χ4n) is 2.29. The van der Waals surface area contributed by atoms with Gasteiger partial charge in [0.1, 0.15) is 5.82 Å². The number of aromatic nitrogens is 1. The van der Waals surface area contributed by atoms with Gasteiger partial charge in [0.2, 0.25) is 0 Å². The summed E-state index contributed by atoms with van der Waals surface area (Å²) in [6, 6.07) is 2.00. The molecule has 0 radical (unpaired) electrons. The van der Waals surface area contributed by atoms with E-state index in [1.165, 1.54) is 19.5 Å². The first-order chi connectivity index (χ1) is 6.74. The third kappa shape index (κ3) is 1.15. The Bertz CT molecular complexity index is 365. The lowest BCUT2D eigenvalue weighted by molar-refractivity contribution is 0.805. The normalized spacial score (nSPS) is 29.1. The average Bonchev–Trinajstić information content (AvgIpc) is 2.78. The van der Waals surface area contributed by atoms with Gasteiger partial charge in [-0.15, -0.1) is 0 Å². The Balaban J connectivity index is 1.86. The van der Waals surface area contributed by atoms with Crippen LogP contribution in [0.2, 0.25) is 0 Å². The van der Waals surface area contributed by atoms with E-state index in [9.17, 15) is 0 Å². The molecule has 2 unspecified atom stereocenters. The molecular formula is C11H15N3. The first-order valence-electron chi connectivity index (χ1n) is 5.21. The van der Waals surface area contributed by atoms with Crippen molar-refractivity contribution < 1.29 is 0 Å². The Morgan fingerprint density at radius 2 is 2.14 bits per heavy atom. The van der Waals surface area contributed by atoms with Gasteiger partial charge in [0.05, 0.1) is 0 Å². The van der Waals surface area contributed by atoms with Gasteiger partial charge < -0.3 is 10.6 Å². The summed E-state index contributed by atoms with van der Waals surface area (Å²) >= 11 is 0. The molecule has 0 bridgehead atoms. The minimum atomic E-state index is 0.857. The third-order valence-corrected chi connectivity index (χ3v) is 3.43. The van der Waals surface area contributed by atoms with Crippen molar-refractivity contribution in [1.82, 2.24) is 4.98 Å². The highest BCUT2D eigenvalue weighted by Gasteiger charge is 2.45. The van der Waals surface area contributed by atoms with Gasteiger partial charge >= 0.3 is 0 Å². The van der Waals surface area contributed by atoms with Gasteiger partial charge in [-0.1, -0.05) is 0 Å². The van der Waals surface area contributed by atoms with Crippen LogP contribution in [-0.2, 0) is 0 Å². The van der Waals surface area contributed by atoms with Crippen molar-refractivity contribution >= 4 is 11.5 Å². The lowest BCUT2D eigenvalue weighted by atomic mass is 10.2. The predicted octanol–water partition coefficient (Wildman–Crippen LogP) is 1.43. The summed E-state index contributed by atoms with van der Waals surface area (Å²) in [7, 11) is 0. The third-order valence-electron chi connectivity index (χ3n) is 3.43. The molecule has 2 aliphatic rings. The number of hydrogen-bond donors (Lipinski definition) is 1. The highest BCUT2D eigenvalue weighted by molar-refractivity contribution is 5.55. The Hall–Kier alpha value is -1.25. The molecule has 0 spiro atoms. The van der Waals surface area contributed by atoms with Crippen molar-refractivity contribution in [2.24, 2.45) is 11.8 Å². The topological polar surface area (TPSA) is 42.2 Å². The Morgan fingerprint density at radius 1 is 1.43 bits per heavy atom. The molecule has 0 aromatic carbocycles. The highest BCUT2D eigenvalue weighted by atomic mass is 15.2. The van der Waals surface area contributed by atoms with E-state index in [4.69, 9.17) is 5.73 Å². The van der Waals surface area contributed by atoms with Gasteiger partial charge in [-0.3, -0.25) is 0 Å². The van der Waals surface area contributed by atoms with Crippen LogP contribution in [0.15, 0.2) is 12.3 Å². The summed E-state index contributed by atoms with van der Waals surface area (Å²) in [6.45, 7) is 4.36. The van der Waals surface area contributed by atoms with Crippen LogP contribution in [0.4, 0.5) is 11.5 Å². The number of anilines is 2. The van der Waals surface area contributed by atoms with Crippen molar-refractivity contribution in [2.75, 3.05) is 23.7 Å². The van der Waals surface area contributed by atoms with Crippen LogP contribution in [0.5, 0.6) is 0 Å². The number of aryl methyl sites for hydroxylation is 1. The highest BCUT2D eigenvalue weighted by Crippen LogP contribution is 2.46. The molecule has 2 atom stereocenters. The van der Waals surface area contributed by atoms with E-state index in [-0.39, 0.29) is 0 Å². The number of hydrogen-bond acceptors (Lipinski definition) is 3. The van der Waals surface area contributed by atoms with E-state index in [1.54, 1.807) is 0 Å². The van der Waals surface area contributed by atoms with Gasteiger partial charge in [0, 0.05) is 31.0 Å². The van der Waals surface area contributed by atoms with Crippen LogP contribution >= 0.6 is 0 Å². The van der Waals surface area contributed by atoms with Crippen molar-refractivity contribution in [3.05, 3.63) is 17.8 Å². The first kappa shape index (κ1) is 8.09. The van der Waals surface area contributed by atoms with E-state index < -0.39 is 0 Å². The molecule has 74 valence electrons. The SMILES string of the molecule is Cc1cnc(N2CC3CC3C2)cc1N. The molecule has 1 saturated carbocycles. The Kier molecular flexibility index (Phi) is 1.52. The van der Waals surface area contributed by atoms with Crippen molar-refractivity contribution in [2.45, 2.75) is 13.3 Å². The summed E-state index contributed by atoms with van der Waals surface area (Å²) in [6.07, 6.45) is 3.30. The van der Waals surface area contributed by atoms with E-state index in [0.29, 0.717) is 0 Å². The second-order valence-electron chi connectivity index (χ2n) is 4.56. The summed E-state index contributed by atoms with van der Waals surface area (Å²) in [5, 5.41) is 0. The van der Waals surface area contributed by atoms with Gasteiger partial charge in [-0.2, -0.15) is 0 Å². The van der Waals surface area contributed by atoms with E-state index in [0.717, 1.165) is 28.9 Å². The van der Waals surface area contributed by atoms with E-state index in [2.05, 4.69) is 9.88 Å². The van der Waals surface area contributed by atoms with Crippen LogP contribution in [0.25, 0.3) is 0 Å². The fraction of sp³-hybridized carbons (Fsp3) is 0.545. The van der Waals surface area contributed by atoms with Crippen molar-refractivity contribution in [3.63, 3.8) is 0 Å². The molecule has 1 aromatic heterocycles. The quantitative estimate of drug-likeness (QED) is 0.726. The standard InChI is InChI=1S/C11H15N3/c1-7-4-13-11(3-10(7)12)14-5-8-2-9(8)6-14/h3-4,8-9H,2,5-6H2,1H3,(H2,12,13). The zero-order valence-corrected chi connectivity index (χ0v) is 8.40. The molecule has 14 heavy (non-hydrogen) atoms. The number of rotatable bonds is 1. The summed E-state index contributed by atoms with van der Waals surface area (Å²) in [5.41, 5.74) is 7.79. The van der Waals surface area contributed by atoms with Crippen LogP contribution in [0.3, 0.4) is 0 Å². The maximum atomic E-state index is 5.87. The van der Waals surface area contributed by atoms with Crippen molar-refractivity contribution in [1.29, 1.82) is 0 Å². The molecular weight excluding hydrogens is 174 g/mol. The van der Waals surface area contributed by atoms with Crippen LogP contribution in [0, 0.1) is 18.8 Å². The lowest BCUT2D eigenvalue weighted by Gasteiger charge is -2.19. The van der Waals surface area contributed by atoms with E-state index >= 15 is 0 Å². The second kappa shape index (κ2) is 2.62. The molecule has 1 saturated heterocycles. The molecule has 1 aliphatic carbocycles. The maximum Gasteiger partial charge on any atom is 0.130 e. The first-order valence-corrected chi connectivity index (χ1v) is 5.21. The molecule has 2 heterocycles. The Morgan fingerprint density at radius 3 is 2.79 bits per heavy atom. The molecule has 1 aliphatic heterocycles. The molecule has 3 rings (SSSR count). The average molecular weight is 189 g/mol. The predicted molar refractivity (Wildman–Crippen MR) is 57.2 cm³/mol. The maximum absolute atomic E-state index is 5.87. The molecule has 3 heteroatoms. The second-order valence-corrected chi connectivity index (χ2v) is 4.56. The van der Waals surface area contributed by atoms with Gasteiger partial charge in [0.15, 0.2) is 0 Å². The monoisotopic (exact) mass is 189 g/mol. The lowest BCUT2D eigenvalue weighted by Crippen LogP contribution is -2.22. The summed E-state index contributed by atoms with van der Waals surface area (Å²) in [4.78, 5) is 6.78. The van der Waals surface area contributed by atoms with Gasteiger partial charge in [0.25, 0.3) is 0 Å². The van der Waals surface area contributed by atoms with Crippen LogP contribution in [0.1, 0.15) is 12.0 Å². The van der Waals surface area contributed by atoms with E-state index in [1.807, 2.05) is 19.2 Å². The number of fused-ring (bicyclic) bond motifs is 1. The van der Waals surface area contributed by atoms with Crippen molar-refractivity contribution in [3.8, 4) is 0 Å². The molecule has 1 aromatic rings. The zero-order valence-electron chi connectivity index (χ0n) is 8.40. The minimum absolute atomic E-state index is 0.857. The number of nitrogen functional groups attached to an aromatic ring is 1. The molecule has 2 N–H and O–H groups in total. The number of pyridine rings is 1. The molecule has 2 fully saturated rings. The summed E-state index contributed by atoms with van der Waals surface area (Å²) in [5.74, 6) is 2.94. The number of piperidine rings is 1. The summed E-state index contributed by atoms with van der Waals surface area (Å²) < 4.78 is 0. The number of nitrogens with two attached hydrogens (primary N) is 1. The number of nitrogens with zero attached hydrogens (tertiary/aromatic N) is 2. The van der Waals surface area contributed by atoms with Crippen LogP contribution in [-0.4, -0.2) is 18.1 Å². The van der Waals surface area contributed by atoms with Crippen LogP contribution < -0.4 is 10.6 Å². The molecule has 0 amide bonds.